The summed E-state index contributed by atoms with van der Waals surface area (Å²) in [5.74, 6) is 2.24. The third-order valence-electron chi connectivity index (χ3n) is 3.82. The quantitative estimate of drug-likeness (QED) is 0.886. The number of fused-ring (bicyclic) bond motifs is 1. The summed E-state index contributed by atoms with van der Waals surface area (Å²) in [5, 5.41) is 2.92. The van der Waals surface area contributed by atoms with E-state index in [-0.39, 0.29) is 5.91 Å². The number of aryl methyl sites for hydroxylation is 1. The Bertz CT molecular complexity index is 700. The first-order chi connectivity index (χ1) is 11.7. The lowest BCUT2D eigenvalue weighted by Gasteiger charge is -2.20. The SMILES string of the molecule is Cc1cc2c(cc1CNC(=O)CCOc1ccccc1)OCCO2. The van der Waals surface area contributed by atoms with Crippen LogP contribution in [0.4, 0.5) is 0 Å². The molecule has 1 amide bonds. The zero-order valence-electron chi connectivity index (χ0n) is 13.7. The van der Waals surface area contributed by atoms with Crippen molar-refractivity contribution in [1.29, 1.82) is 0 Å². The lowest BCUT2D eigenvalue weighted by Crippen LogP contribution is -2.25. The van der Waals surface area contributed by atoms with Gasteiger partial charge in [0.2, 0.25) is 5.91 Å². The molecule has 2 aromatic rings. The van der Waals surface area contributed by atoms with Gasteiger partial charge >= 0.3 is 0 Å². The van der Waals surface area contributed by atoms with Crippen LogP contribution in [0.1, 0.15) is 17.5 Å². The molecule has 0 aromatic heterocycles. The fraction of sp³-hybridized carbons (Fsp3) is 0.316. The Kier molecular flexibility index (Phi) is 5.21. The summed E-state index contributed by atoms with van der Waals surface area (Å²) in [6, 6.07) is 13.4. The molecule has 0 saturated carbocycles. The standard InChI is InChI=1S/C19H21NO4/c1-14-11-17-18(24-10-9-23-17)12-15(14)13-20-19(21)7-8-22-16-5-3-2-4-6-16/h2-6,11-12H,7-10,13H2,1H3,(H,20,21). The Morgan fingerprint density at radius 2 is 1.83 bits per heavy atom. The highest BCUT2D eigenvalue weighted by atomic mass is 16.6. The number of rotatable bonds is 6. The number of benzene rings is 2. The molecule has 1 aliphatic heterocycles. The van der Waals surface area contributed by atoms with Crippen LogP contribution in [0.25, 0.3) is 0 Å². The average molecular weight is 327 g/mol. The largest absolute Gasteiger partial charge is 0.493 e. The third kappa shape index (κ3) is 4.19. The Labute approximate surface area is 141 Å². The molecule has 5 nitrogen and oxygen atoms in total. The van der Waals surface area contributed by atoms with Crippen molar-refractivity contribution in [2.24, 2.45) is 0 Å². The molecule has 2 aromatic carbocycles. The van der Waals surface area contributed by atoms with E-state index in [0.29, 0.717) is 32.8 Å². The zero-order chi connectivity index (χ0) is 16.8. The normalized spacial score (nSPS) is 12.5. The summed E-state index contributed by atoms with van der Waals surface area (Å²) in [6.07, 6.45) is 0.318. The Morgan fingerprint density at radius 1 is 1.12 bits per heavy atom. The molecule has 126 valence electrons. The lowest BCUT2D eigenvalue weighted by molar-refractivity contribution is -0.121. The zero-order valence-corrected chi connectivity index (χ0v) is 13.7. The van der Waals surface area contributed by atoms with Crippen LogP contribution < -0.4 is 19.5 Å². The van der Waals surface area contributed by atoms with Gasteiger partial charge < -0.3 is 19.5 Å². The van der Waals surface area contributed by atoms with E-state index in [2.05, 4.69) is 5.32 Å². The molecule has 0 bridgehead atoms. The summed E-state index contributed by atoms with van der Waals surface area (Å²) in [4.78, 5) is 12.0. The van der Waals surface area contributed by atoms with Crippen molar-refractivity contribution in [3.8, 4) is 17.2 Å². The molecule has 1 N–H and O–H groups in total. The second-order valence-corrected chi connectivity index (χ2v) is 5.61. The van der Waals surface area contributed by atoms with Gasteiger partial charge in [0.1, 0.15) is 19.0 Å². The maximum absolute atomic E-state index is 12.0. The minimum Gasteiger partial charge on any atom is -0.493 e. The van der Waals surface area contributed by atoms with E-state index in [9.17, 15) is 4.79 Å². The van der Waals surface area contributed by atoms with Crippen LogP contribution in [0.3, 0.4) is 0 Å². The number of hydrogen-bond acceptors (Lipinski definition) is 4. The van der Waals surface area contributed by atoms with E-state index in [1.165, 1.54) is 0 Å². The van der Waals surface area contributed by atoms with Crippen molar-refractivity contribution in [3.05, 3.63) is 53.6 Å². The average Bonchev–Trinajstić information content (AvgIpc) is 2.61. The van der Waals surface area contributed by atoms with Gasteiger partial charge in [0.15, 0.2) is 11.5 Å². The van der Waals surface area contributed by atoms with Crippen LogP contribution in [-0.2, 0) is 11.3 Å². The Morgan fingerprint density at radius 3 is 2.58 bits per heavy atom. The molecule has 24 heavy (non-hydrogen) atoms. The molecule has 1 aliphatic rings. The summed E-state index contributed by atoms with van der Waals surface area (Å²) in [5.41, 5.74) is 2.09. The van der Waals surface area contributed by atoms with Gasteiger partial charge in [-0.2, -0.15) is 0 Å². The van der Waals surface area contributed by atoms with Crippen molar-refractivity contribution in [2.75, 3.05) is 19.8 Å². The van der Waals surface area contributed by atoms with Crippen molar-refractivity contribution in [3.63, 3.8) is 0 Å². The van der Waals surface area contributed by atoms with Crippen LogP contribution in [0.15, 0.2) is 42.5 Å². The molecule has 0 fully saturated rings. The molecule has 0 aliphatic carbocycles. The van der Waals surface area contributed by atoms with Crippen LogP contribution >= 0.6 is 0 Å². The summed E-state index contributed by atoms with van der Waals surface area (Å²) < 4.78 is 16.7. The maximum atomic E-state index is 12.0. The van der Waals surface area contributed by atoms with E-state index in [4.69, 9.17) is 14.2 Å². The molecule has 0 radical (unpaired) electrons. The smallest absolute Gasteiger partial charge is 0.223 e. The number of hydrogen-bond donors (Lipinski definition) is 1. The fourth-order valence-electron chi connectivity index (χ4n) is 2.48. The Balaban J connectivity index is 1.47. The molecule has 0 saturated heterocycles. The second-order valence-electron chi connectivity index (χ2n) is 5.61. The van der Waals surface area contributed by atoms with Crippen molar-refractivity contribution < 1.29 is 19.0 Å². The lowest BCUT2D eigenvalue weighted by atomic mass is 10.1. The number of carbonyl (C=O) groups excluding carboxylic acids is 1. The monoisotopic (exact) mass is 327 g/mol. The first kappa shape index (κ1) is 16.2. The van der Waals surface area contributed by atoms with Gasteiger partial charge in [-0.15, -0.1) is 0 Å². The summed E-state index contributed by atoms with van der Waals surface area (Å²) in [7, 11) is 0. The van der Waals surface area contributed by atoms with Crippen molar-refractivity contribution >= 4 is 5.91 Å². The molecular weight excluding hydrogens is 306 g/mol. The highest BCUT2D eigenvalue weighted by Crippen LogP contribution is 2.32. The van der Waals surface area contributed by atoms with Crippen LogP contribution in [-0.4, -0.2) is 25.7 Å². The minimum atomic E-state index is -0.0415. The van der Waals surface area contributed by atoms with Gasteiger partial charge in [0.25, 0.3) is 0 Å². The van der Waals surface area contributed by atoms with Gasteiger partial charge in [-0.3, -0.25) is 4.79 Å². The number of ether oxygens (including phenoxy) is 3. The van der Waals surface area contributed by atoms with E-state index in [0.717, 1.165) is 28.4 Å². The number of carbonyl (C=O) groups is 1. The first-order valence-electron chi connectivity index (χ1n) is 8.06. The highest BCUT2D eigenvalue weighted by molar-refractivity contribution is 5.76. The van der Waals surface area contributed by atoms with Gasteiger partial charge in [-0.25, -0.2) is 0 Å². The Hall–Kier alpha value is -2.69. The third-order valence-corrected chi connectivity index (χ3v) is 3.82. The number of para-hydroxylation sites is 1. The fourth-order valence-corrected chi connectivity index (χ4v) is 2.48. The molecular formula is C19H21NO4. The van der Waals surface area contributed by atoms with Gasteiger partial charge in [-0.1, -0.05) is 18.2 Å². The van der Waals surface area contributed by atoms with Crippen LogP contribution in [0.2, 0.25) is 0 Å². The molecule has 5 heteroatoms. The van der Waals surface area contributed by atoms with Crippen molar-refractivity contribution in [1.82, 2.24) is 5.32 Å². The van der Waals surface area contributed by atoms with E-state index >= 15 is 0 Å². The maximum Gasteiger partial charge on any atom is 0.223 e. The van der Waals surface area contributed by atoms with E-state index in [1.54, 1.807) is 0 Å². The highest BCUT2D eigenvalue weighted by Gasteiger charge is 2.14. The predicted molar refractivity (Wildman–Crippen MR) is 90.6 cm³/mol. The number of amides is 1. The van der Waals surface area contributed by atoms with Crippen LogP contribution in [0, 0.1) is 6.92 Å². The molecule has 0 unspecified atom stereocenters. The predicted octanol–water partition coefficient (Wildman–Crippen LogP) is 2.85. The van der Waals surface area contributed by atoms with Gasteiger partial charge in [0.05, 0.1) is 13.0 Å². The molecule has 1 heterocycles. The second kappa shape index (κ2) is 7.73. The van der Waals surface area contributed by atoms with Gasteiger partial charge in [-0.05, 0) is 42.3 Å². The molecule has 3 rings (SSSR count). The van der Waals surface area contributed by atoms with E-state index in [1.807, 2.05) is 49.4 Å². The molecule has 0 atom stereocenters. The topological polar surface area (TPSA) is 56.8 Å². The van der Waals surface area contributed by atoms with Crippen LogP contribution in [0.5, 0.6) is 17.2 Å². The summed E-state index contributed by atoms with van der Waals surface area (Å²) in [6.45, 7) is 3.95. The van der Waals surface area contributed by atoms with E-state index < -0.39 is 0 Å². The molecule has 0 spiro atoms. The summed E-state index contributed by atoms with van der Waals surface area (Å²) >= 11 is 0. The number of nitrogens with one attached hydrogen (secondary N) is 1. The minimum absolute atomic E-state index is 0.0415. The van der Waals surface area contributed by atoms with Gasteiger partial charge in [0, 0.05) is 6.54 Å². The first-order valence-corrected chi connectivity index (χ1v) is 8.06. The van der Waals surface area contributed by atoms with Crippen molar-refractivity contribution in [2.45, 2.75) is 19.9 Å².